The SMILES string of the molecule is CCCCCN(CC(=O)Nc1ccccc1C(=O)OC)S(C)(=O)=O. The molecule has 0 heterocycles. The van der Waals surface area contributed by atoms with Crippen LogP contribution in [0.5, 0.6) is 0 Å². The maximum atomic E-state index is 12.2. The van der Waals surface area contributed by atoms with Gasteiger partial charge in [-0.3, -0.25) is 4.79 Å². The van der Waals surface area contributed by atoms with Crippen molar-refractivity contribution < 1.29 is 22.7 Å². The van der Waals surface area contributed by atoms with Crippen molar-refractivity contribution in [2.45, 2.75) is 26.2 Å². The van der Waals surface area contributed by atoms with Gasteiger partial charge in [0, 0.05) is 6.54 Å². The Kier molecular flexibility index (Phi) is 7.87. The molecule has 0 atom stereocenters. The second kappa shape index (κ2) is 9.39. The van der Waals surface area contributed by atoms with Gasteiger partial charge in [-0.2, -0.15) is 4.31 Å². The normalized spacial score (nSPS) is 11.3. The van der Waals surface area contributed by atoms with Gasteiger partial charge in [-0.15, -0.1) is 0 Å². The highest BCUT2D eigenvalue weighted by molar-refractivity contribution is 7.88. The number of methoxy groups -OCH3 is 1. The van der Waals surface area contributed by atoms with Crippen molar-refractivity contribution in [1.29, 1.82) is 0 Å². The number of amides is 1. The average Bonchev–Trinajstić information content (AvgIpc) is 2.53. The number of carbonyl (C=O) groups is 2. The van der Waals surface area contributed by atoms with Crippen LogP contribution in [0, 0.1) is 0 Å². The van der Waals surface area contributed by atoms with Crippen LogP contribution in [0.25, 0.3) is 0 Å². The zero-order valence-electron chi connectivity index (χ0n) is 14.2. The first kappa shape index (κ1) is 20.1. The Labute approximate surface area is 143 Å². The molecule has 0 aliphatic carbocycles. The van der Waals surface area contributed by atoms with E-state index < -0.39 is 21.9 Å². The molecule has 134 valence electrons. The zero-order valence-corrected chi connectivity index (χ0v) is 15.1. The van der Waals surface area contributed by atoms with Crippen molar-refractivity contribution in [2.24, 2.45) is 0 Å². The van der Waals surface area contributed by atoms with Crippen molar-refractivity contribution in [3.8, 4) is 0 Å². The Morgan fingerprint density at radius 3 is 2.46 bits per heavy atom. The van der Waals surface area contributed by atoms with Crippen molar-refractivity contribution in [3.05, 3.63) is 29.8 Å². The van der Waals surface area contributed by atoms with Crippen LogP contribution in [0.1, 0.15) is 36.5 Å². The van der Waals surface area contributed by atoms with Crippen LogP contribution >= 0.6 is 0 Å². The first-order valence-corrected chi connectivity index (χ1v) is 9.56. The molecule has 24 heavy (non-hydrogen) atoms. The number of rotatable bonds is 9. The van der Waals surface area contributed by atoms with Crippen LogP contribution in [0.2, 0.25) is 0 Å². The van der Waals surface area contributed by atoms with Gasteiger partial charge in [-0.25, -0.2) is 13.2 Å². The molecule has 0 aliphatic heterocycles. The molecule has 1 rings (SSSR count). The van der Waals surface area contributed by atoms with Gasteiger partial charge in [0.05, 0.1) is 31.2 Å². The molecule has 0 radical (unpaired) electrons. The number of hydrogen-bond acceptors (Lipinski definition) is 5. The molecule has 0 saturated heterocycles. The summed E-state index contributed by atoms with van der Waals surface area (Å²) in [6.07, 6.45) is 3.61. The standard InChI is InChI=1S/C16H24N2O5S/c1-4-5-8-11-18(24(3,21)22)12-15(19)17-14-10-7-6-9-13(14)16(20)23-2/h6-7,9-10H,4-5,8,11-12H2,1-3H3,(H,17,19). The molecule has 0 saturated carbocycles. The minimum absolute atomic E-state index is 0.213. The molecular weight excluding hydrogens is 332 g/mol. The van der Waals surface area contributed by atoms with Crippen molar-refractivity contribution in [2.75, 3.05) is 31.8 Å². The smallest absolute Gasteiger partial charge is 0.339 e. The number of nitrogens with one attached hydrogen (secondary N) is 1. The zero-order chi connectivity index (χ0) is 18.2. The maximum Gasteiger partial charge on any atom is 0.339 e. The summed E-state index contributed by atoms with van der Waals surface area (Å²) in [6.45, 7) is 2.01. The van der Waals surface area contributed by atoms with Gasteiger partial charge in [0.25, 0.3) is 0 Å². The summed E-state index contributed by atoms with van der Waals surface area (Å²) < 4.78 is 29.4. The van der Waals surface area contributed by atoms with Gasteiger partial charge in [-0.1, -0.05) is 31.9 Å². The highest BCUT2D eigenvalue weighted by Crippen LogP contribution is 2.16. The van der Waals surface area contributed by atoms with Gasteiger partial charge in [0.1, 0.15) is 0 Å². The summed E-state index contributed by atoms with van der Waals surface area (Å²) >= 11 is 0. The van der Waals surface area contributed by atoms with Crippen LogP contribution in [0.15, 0.2) is 24.3 Å². The van der Waals surface area contributed by atoms with Crippen molar-refractivity contribution in [3.63, 3.8) is 0 Å². The summed E-state index contributed by atoms with van der Waals surface area (Å²) in [4.78, 5) is 23.9. The third-order valence-corrected chi connectivity index (χ3v) is 4.66. The van der Waals surface area contributed by atoms with Crippen LogP contribution in [0.3, 0.4) is 0 Å². The van der Waals surface area contributed by atoms with E-state index in [0.29, 0.717) is 13.0 Å². The lowest BCUT2D eigenvalue weighted by Crippen LogP contribution is -2.38. The Morgan fingerprint density at radius 1 is 1.21 bits per heavy atom. The lowest BCUT2D eigenvalue weighted by atomic mass is 10.2. The summed E-state index contributed by atoms with van der Waals surface area (Å²) in [5.41, 5.74) is 0.501. The van der Waals surface area contributed by atoms with E-state index in [9.17, 15) is 18.0 Å². The minimum atomic E-state index is -3.48. The van der Waals surface area contributed by atoms with E-state index in [1.807, 2.05) is 6.92 Å². The van der Waals surface area contributed by atoms with E-state index in [1.54, 1.807) is 18.2 Å². The number of benzene rings is 1. The van der Waals surface area contributed by atoms with Crippen molar-refractivity contribution >= 4 is 27.6 Å². The van der Waals surface area contributed by atoms with Gasteiger partial charge in [-0.05, 0) is 18.6 Å². The summed E-state index contributed by atoms with van der Waals surface area (Å²) in [6, 6.07) is 6.40. The average molecular weight is 356 g/mol. The number of hydrogen-bond donors (Lipinski definition) is 1. The number of esters is 1. The Bertz CT molecular complexity index is 673. The second-order valence-electron chi connectivity index (χ2n) is 5.39. The maximum absolute atomic E-state index is 12.2. The minimum Gasteiger partial charge on any atom is -0.465 e. The molecular formula is C16H24N2O5S. The summed E-state index contributed by atoms with van der Waals surface area (Å²) in [7, 11) is -2.23. The summed E-state index contributed by atoms with van der Waals surface area (Å²) in [5, 5.41) is 2.57. The molecule has 0 aromatic heterocycles. The number of nitrogens with zero attached hydrogens (tertiary/aromatic N) is 1. The predicted molar refractivity (Wildman–Crippen MR) is 92.4 cm³/mol. The predicted octanol–water partition coefficient (Wildman–Crippen LogP) is 1.86. The monoisotopic (exact) mass is 356 g/mol. The quantitative estimate of drug-likeness (QED) is 0.538. The van der Waals surface area contributed by atoms with Gasteiger partial charge < -0.3 is 10.1 Å². The van der Waals surface area contributed by atoms with E-state index >= 15 is 0 Å². The van der Waals surface area contributed by atoms with E-state index in [1.165, 1.54) is 13.2 Å². The third-order valence-electron chi connectivity index (χ3n) is 3.41. The second-order valence-corrected chi connectivity index (χ2v) is 7.37. The van der Waals surface area contributed by atoms with Crippen LogP contribution < -0.4 is 5.32 Å². The largest absolute Gasteiger partial charge is 0.465 e. The molecule has 0 bridgehead atoms. The topological polar surface area (TPSA) is 92.8 Å². The molecule has 1 aromatic rings. The molecule has 1 N–H and O–H groups in total. The lowest BCUT2D eigenvalue weighted by molar-refractivity contribution is -0.116. The number of ether oxygens (including phenoxy) is 1. The first-order chi connectivity index (χ1) is 11.3. The Morgan fingerprint density at radius 2 is 1.88 bits per heavy atom. The fourth-order valence-corrected chi connectivity index (χ4v) is 2.94. The Hall–Kier alpha value is -1.93. The van der Waals surface area contributed by atoms with E-state index in [-0.39, 0.29) is 17.8 Å². The fourth-order valence-electron chi connectivity index (χ4n) is 2.13. The summed E-state index contributed by atoms with van der Waals surface area (Å²) in [5.74, 6) is -1.08. The molecule has 7 nitrogen and oxygen atoms in total. The first-order valence-electron chi connectivity index (χ1n) is 7.72. The molecule has 1 amide bonds. The highest BCUT2D eigenvalue weighted by Gasteiger charge is 2.21. The molecule has 0 unspecified atom stereocenters. The Balaban J connectivity index is 2.81. The molecule has 1 aromatic carbocycles. The van der Waals surface area contributed by atoms with Crippen molar-refractivity contribution in [1.82, 2.24) is 4.31 Å². The van der Waals surface area contributed by atoms with Crippen LogP contribution in [0.4, 0.5) is 5.69 Å². The number of carbonyl (C=O) groups excluding carboxylic acids is 2. The third kappa shape index (κ3) is 6.29. The number of unbranched alkanes of at least 4 members (excludes halogenated alkanes) is 2. The van der Waals surface area contributed by atoms with Gasteiger partial charge in [0.2, 0.25) is 15.9 Å². The number of sulfonamides is 1. The van der Waals surface area contributed by atoms with E-state index in [0.717, 1.165) is 23.4 Å². The lowest BCUT2D eigenvalue weighted by Gasteiger charge is -2.19. The van der Waals surface area contributed by atoms with Crippen LogP contribution in [-0.2, 0) is 19.6 Å². The number of anilines is 1. The molecule has 8 heteroatoms. The van der Waals surface area contributed by atoms with Crippen LogP contribution in [-0.4, -0.2) is 51.1 Å². The number of para-hydroxylation sites is 1. The van der Waals surface area contributed by atoms with Gasteiger partial charge in [0.15, 0.2) is 0 Å². The fraction of sp³-hybridized carbons (Fsp3) is 0.500. The molecule has 0 aliphatic rings. The van der Waals surface area contributed by atoms with Gasteiger partial charge >= 0.3 is 5.97 Å². The molecule has 0 fully saturated rings. The molecule has 0 spiro atoms. The highest BCUT2D eigenvalue weighted by atomic mass is 32.2. The van der Waals surface area contributed by atoms with E-state index in [2.05, 4.69) is 10.1 Å². The van der Waals surface area contributed by atoms with E-state index in [4.69, 9.17) is 0 Å².